The second-order valence-corrected chi connectivity index (χ2v) is 4.68. The van der Waals surface area contributed by atoms with Crippen molar-refractivity contribution in [2.45, 2.75) is 39.7 Å². The van der Waals surface area contributed by atoms with E-state index in [1.165, 1.54) is 0 Å². The number of urea groups is 1. The van der Waals surface area contributed by atoms with Gasteiger partial charge in [0, 0.05) is 38.6 Å². The molecular formula is C12H23N3O2. The van der Waals surface area contributed by atoms with Gasteiger partial charge in [-0.3, -0.25) is 4.79 Å². The number of nitrogens with one attached hydrogen (secondary N) is 1. The maximum absolute atomic E-state index is 11.8. The van der Waals surface area contributed by atoms with Crippen molar-refractivity contribution in [3.63, 3.8) is 0 Å². The van der Waals surface area contributed by atoms with Crippen LogP contribution in [0.2, 0.25) is 0 Å². The highest BCUT2D eigenvalue weighted by Crippen LogP contribution is 2.05. The van der Waals surface area contributed by atoms with Gasteiger partial charge in [0.15, 0.2) is 0 Å². The van der Waals surface area contributed by atoms with Gasteiger partial charge in [0.05, 0.1) is 0 Å². The van der Waals surface area contributed by atoms with E-state index in [1.54, 1.807) is 4.90 Å². The number of nitrogens with zero attached hydrogens (tertiary/aromatic N) is 2. The largest absolute Gasteiger partial charge is 0.341 e. The summed E-state index contributed by atoms with van der Waals surface area (Å²) >= 11 is 0. The molecule has 1 aliphatic heterocycles. The Morgan fingerprint density at radius 2 is 1.71 bits per heavy atom. The van der Waals surface area contributed by atoms with Gasteiger partial charge < -0.3 is 15.1 Å². The predicted molar refractivity (Wildman–Crippen MR) is 66.7 cm³/mol. The van der Waals surface area contributed by atoms with Crippen LogP contribution in [0.15, 0.2) is 0 Å². The summed E-state index contributed by atoms with van der Waals surface area (Å²) in [6, 6.07) is 0.130. The zero-order valence-electron chi connectivity index (χ0n) is 11.0. The van der Waals surface area contributed by atoms with E-state index in [1.807, 2.05) is 25.7 Å². The zero-order valence-corrected chi connectivity index (χ0v) is 11.0. The van der Waals surface area contributed by atoms with Crippen LogP contribution in [0.4, 0.5) is 4.79 Å². The molecule has 17 heavy (non-hydrogen) atoms. The van der Waals surface area contributed by atoms with E-state index >= 15 is 0 Å². The topological polar surface area (TPSA) is 52.7 Å². The highest BCUT2D eigenvalue weighted by Gasteiger charge is 2.21. The molecule has 0 unspecified atom stereocenters. The summed E-state index contributed by atoms with van der Waals surface area (Å²) in [6.07, 6.45) is 1.40. The Balaban J connectivity index is 2.47. The van der Waals surface area contributed by atoms with Crippen molar-refractivity contribution in [2.24, 2.45) is 0 Å². The maximum atomic E-state index is 11.8. The number of hydrogen-bond acceptors (Lipinski definition) is 2. The van der Waals surface area contributed by atoms with E-state index in [4.69, 9.17) is 0 Å². The van der Waals surface area contributed by atoms with E-state index in [-0.39, 0.29) is 18.0 Å². The molecule has 1 N–H and O–H groups in total. The Labute approximate surface area is 103 Å². The van der Waals surface area contributed by atoms with Crippen LogP contribution in [0.1, 0.15) is 33.6 Å². The summed E-state index contributed by atoms with van der Waals surface area (Å²) in [5, 5.41) is 2.88. The average Bonchev–Trinajstić information content (AvgIpc) is 2.52. The summed E-state index contributed by atoms with van der Waals surface area (Å²) in [4.78, 5) is 27.0. The minimum absolute atomic E-state index is 0.0224. The molecule has 0 bridgehead atoms. The van der Waals surface area contributed by atoms with E-state index in [2.05, 4.69) is 5.32 Å². The van der Waals surface area contributed by atoms with Crippen molar-refractivity contribution < 1.29 is 9.59 Å². The third-order valence-corrected chi connectivity index (χ3v) is 2.85. The average molecular weight is 241 g/mol. The Bertz CT molecular complexity index is 279. The normalized spacial score (nSPS) is 16.9. The third-order valence-electron chi connectivity index (χ3n) is 2.85. The van der Waals surface area contributed by atoms with Crippen LogP contribution in [0.3, 0.4) is 0 Å². The van der Waals surface area contributed by atoms with E-state index in [9.17, 15) is 9.59 Å². The van der Waals surface area contributed by atoms with E-state index in [0.717, 1.165) is 19.5 Å². The highest BCUT2D eigenvalue weighted by atomic mass is 16.2. The van der Waals surface area contributed by atoms with Gasteiger partial charge in [-0.25, -0.2) is 4.79 Å². The Kier molecular flexibility index (Phi) is 5.25. The van der Waals surface area contributed by atoms with Gasteiger partial charge in [0.25, 0.3) is 0 Å². The lowest BCUT2D eigenvalue weighted by molar-refractivity contribution is -0.130. The predicted octanol–water partition coefficient (Wildman–Crippen LogP) is 1.05. The number of carbonyl (C=O) groups excluding carboxylic acids is 2. The summed E-state index contributed by atoms with van der Waals surface area (Å²) in [5.41, 5.74) is 0. The van der Waals surface area contributed by atoms with E-state index < -0.39 is 0 Å². The molecule has 1 rings (SSSR count). The first-order valence-corrected chi connectivity index (χ1v) is 6.37. The van der Waals surface area contributed by atoms with Crippen LogP contribution < -0.4 is 5.32 Å². The molecule has 3 amide bonds. The molecule has 0 aromatic heterocycles. The Morgan fingerprint density at radius 1 is 1.12 bits per heavy atom. The van der Waals surface area contributed by atoms with Crippen LogP contribution in [0.25, 0.3) is 0 Å². The lowest BCUT2D eigenvalue weighted by atomic mass is 10.3. The van der Waals surface area contributed by atoms with Crippen LogP contribution in [-0.4, -0.2) is 54.0 Å². The number of rotatable bonds is 2. The van der Waals surface area contributed by atoms with Gasteiger partial charge >= 0.3 is 6.03 Å². The molecule has 5 heteroatoms. The van der Waals surface area contributed by atoms with Gasteiger partial charge in [-0.15, -0.1) is 0 Å². The third kappa shape index (κ3) is 4.24. The number of amides is 3. The molecule has 0 aromatic carbocycles. The monoisotopic (exact) mass is 241 g/mol. The van der Waals surface area contributed by atoms with Crippen molar-refractivity contribution >= 4 is 11.9 Å². The van der Waals surface area contributed by atoms with Crippen molar-refractivity contribution in [3.05, 3.63) is 0 Å². The molecule has 0 radical (unpaired) electrons. The fraction of sp³-hybridized carbons (Fsp3) is 0.833. The van der Waals surface area contributed by atoms with Crippen LogP contribution >= 0.6 is 0 Å². The molecular weight excluding hydrogens is 218 g/mol. The smallest absolute Gasteiger partial charge is 0.317 e. The Morgan fingerprint density at radius 3 is 2.29 bits per heavy atom. The molecule has 98 valence electrons. The first-order valence-electron chi connectivity index (χ1n) is 6.37. The zero-order chi connectivity index (χ0) is 12.8. The lowest BCUT2D eigenvalue weighted by Gasteiger charge is -2.23. The van der Waals surface area contributed by atoms with E-state index in [0.29, 0.717) is 19.5 Å². The Hall–Kier alpha value is -1.26. The minimum Gasteiger partial charge on any atom is -0.341 e. The van der Waals surface area contributed by atoms with Crippen LogP contribution in [0.5, 0.6) is 0 Å². The van der Waals surface area contributed by atoms with Gasteiger partial charge in [-0.05, 0) is 20.3 Å². The highest BCUT2D eigenvalue weighted by molar-refractivity contribution is 5.76. The molecule has 1 aliphatic rings. The summed E-state index contributed by atoms with van der Waals surface area (Å²) in [7, 11) is 0. The van der Waals surface area contributed by atoms with Crippen LogP contribution in [-0.2, 0) is 4.79 Å². The van der Waals surface area contributed by atoms with Gasteiger partial charge in [0.2, 0.25) is 5.91 Å². The molecule has 0 spiro atoms. The summed E-state index contributed by atoms with van der Waals surface area (Å²) in [6.45, 7) is 8.54. The lowest BCUT2D eigenvalue weighted by Crippen LogP contribution is -2.44. The quantitative estimate of drug-likeness (QED) is 0.785. The molecule has 5 nitrogen and oxygen atoms in total. The van der Waals surface area contributed by atoms with Gasteiger partial charge in [0.1, 0.15) is 0 Å². The first kappa shape index (κ1) is 13.8. The summed E-state index contributed by atoms with van der Waals surface area (Å²) < 4.78 is 0. The van der Waals surface area contributed by atoms with Crippen molar-refractivity contribution in [3.8, 4) is 0 Å². The number of carbonyl (C=O) groups is 2. The van der Waals surface area contributed by atoms with Crippen molar-refractivity contribution in [1.82, 2.24) is 15.1 Å². The standard InChI is InChI=1S/C12H23N3O2/c1-4-11(16)14-6-5-7-15(9-8-14)12(17)13-10(2)3/h10H,4-9H2,1-3H3,(H,13,17). The second kappa shape index (κ2) is 6.47. The molecule has 0 saturated carbocycles. The fourth-order valence-corrected chi connectivity index (χ4v) is 1.93. The molecule has 1 fully saturated rings. The molecule has 1 saturated heterocycles. The SMILES string of the molecule is CCC(=O)N1CCCN(C(=O)NC(C)C)CC1. The maximum Gasteiger partial charge on any atom is 0.317 e. The molecule has 0 aromatic rings. The molecule has 1 heterocycles. The van der Waals surface area contributed by atoms with Crippen molar-refractivity contribution in [2.75, 3.05) is 26.2 Å². The second-order valence-electron chi connectivity index (χ2n) is 4.68. The molecule has 0 aliphatic carbocycles. The summed E-state index contributed by atoms with van der Waals surface area (Å²) in [5.74, 6) is 0.177. The minimum atomic E-state index is -0.0224. The molecule has 0 atom stereocenters. The fourth-order valence-electron chi connectivity index (χ4n) is 1.93. The van der Waals surface area contributed by atoms with Gasteiger partial charge in [-0.2, -0.15) is 0 Å². The van der Waals surface area contributed by atoms with Gasteiger partial charge in [-0.1, -0.05) is 6.92 Å². The number of hydrogen-bond donors (Lipinski definition) is 1. The first-order chi connectivity index (χ1) is 8.04. The van der Waals surface area contributed by atoms with Crippen LogP contribution in [0, 0.1) is 0 Å². The van der Waals surface area contributed by atoms with Crippen molar-refractivity contribution in [1.29, 1.82) is 0 Å².